The van der Waals surface area contributed by atoms with Crippen LogP contribution in [-0.4, -0.2) is 21.9 Å². The van der Waals surface area contributed by atoms with E-state index in [9.17, 15) is 9.59 Å². The van der Waals surface area contributed by atoms with E-state index < -0.39 is 22.2 Å². The van der Waals surface area contributed by atoms with E-state index in [0.29, 0.717) is 5.75 Å². The standard InChI is InChI=1S/C13H15BrO4/c1-8-6-4-5-7-9(8)18-11(14)10(15)13(2,3)12(16)17/h4-7,11H,1-3H3,(H,16,17). The van der Waals surface area contributed by atoms with Gasteiger partial charge in [-0.15, -0.1) is 0 Å². The van der Waals surface area contributed by atoms with E-state index in [-0.39, 0.29) is 0 Å². The number of alkyl halides is 1. The van der Waals surface area contributed by atoms with E-state index in [2.05, 4.69) is 15.9 Å². The molecule has 0 amide bonds. The molecule has 98 valence electrons. The molecular formula is C13H15BrO4. The van der Waals surface area contributed by atoms with Crippen molar-refractivity contribution in [2.24, 2.45) is 5.41 Å². The van der Waals surface area contributed by atoms with Crippen molar-refractivity contribution in [3.63, 3.8) is 0 Å². The van der Waals surface area contributed by atoms with Crippen LogP contribution in [-0.2, 0) is 9.59 Å². The van der Waals surface area contributed by atoms with Gasteiger partial charge in [0.15, 0.2) is 0 Å². The van der Waals surface area contributed by atoms with Gasteiger partial charge in [0.05, 0.1) is 0 Å². The monoisotopic (exact) mass is 314 g/mol. The first-order valence-electron chi connectivity index (χ1n) is 5.41. The first-order chi connectivity index (χ1) is 8.26. The van der Waals surface area contributed by atoms with Crippen LogP contribution < -0.4 is 4.74 Å². The maximum atomic E-state index is 12.0. The summed E-state index contributed by atoms with van der Waals surface area (Å²) >= 11 is 3.08. The molecule has 0 saturated carbocycles. The fourth-order valence-electron chi connectivity index (χ4n) is 1.24. The number of carbonyl (C=O) groups is 2. The summed E-state index contributed by atoms with van der Waals surface area (Å²) in [5.41, 5.74) is -0.612. The summed E-state index contributed by atoms with van der Waals surface area (Å²) in [5.74, 6) is -1.16. The van der Waals surface area contributed by atoms with E-state index in [1.807, 2.05) is 19.1 Å². The molecule has 5 heteroatoms. The molecule has 0 spiro atoms. The average Bonchev–Trinajstić information content (AvgIpc) is 2.30. The van der Waals surface area contributed by atoms with Gasteiger partial charge in [-0.1, -0.05) is 18.2 Å². The molecule has 1 N–H and O–H groups in total. The number of hydrogen-bond acceptors (Lipinski definition) is 3. The van der Waals surface area contributed by atoms with Gasteiger partial charge in [0.1, 0.15) is 11.2 Å². The Bertz CT molecular complexity index is 468. The maximum Gasteiger partial charge on any atom is 0.316 e. The molecule has 0 aromatic heterocycles. The minimum atomic E-state index is -1.49. The number of carbonyl (C=O) groups excluding carboxylic acids is 1. The first-order valence-corrected chi connectivity index (χ1v) is 6.32. The van der Waals surface area contributed by atoms with Crippen LogP contribution in [0.15, 0.2) is 24.3 Å². The second-order valence-corrected chi connectivity index (χ2v) is 5.33. The molecule has 1 atom stereocenters. The van der Waals surface area contributed by atoms with Gasteiger partial charge in [-0.25, -0.2) is 0 Å². The van der Waals surface area contributed by atoms with Gasteiger partial charge in [-0.3, -0.25) is 9.59 Å². The molecule has 1 unspecified atom stereocenters. The zero-order valence-corrected chi connectivity index (χ0v) is 12.0. The van der Waals surface area contributed by atoms with E-state index in [1.165, 1.54) is 13.8 Å². The fourth-order valence-corrected chi connectivity index (χ4v) is 2.02. The molecule has 0 aliphatic heterocycles. The number of ketones is 1. The summed E-state index contributed by atoms with van der Waals surface area (Å²) in [4.78, 5) is 23.0. The van der Waals surface area contributed by atoms with Crippen LogP contribution in [0.1, 0.15) is 19.4 Å². The number of halogens is 1. The number of aliphatic carboxylic acids is 1. The van der Waals surface area contributed by atoms with Crippen molar-refractivity contribution in [3.05, 3.63) is 29.8 Å². The van der Waals surface area contributed by atoms with Crippen LogP contribution >= 0.6 is 15.9 Å². The third-order valence-corrected chi connectivity index (χ3v) is 3.28. The zero-order valence-electron chi connectivity index (χ0n) is 10.4. The van der Waals surface area contributed by atoms with Gasteiger partial charge in [0.25, 0.3) is 0 Å². The lowest BCUT2D eigenvalue weighted by Gasteiger charge is -2.22. The van der Waals surface area contributed by atoms with E-state index >= 15 is 0 Å². The molecule has 0 aliphatic carbocycles. The number of hydrogen-bond donors (Lipinski definition) is 1. The van der Waals surface area contributed by atoms with Crippen molar-refractivity contribution >= 4 is 27.7 Å². The number of ether oxygens (including phenoxy) is 1. The SMILES string of the molecule is Cc1ccccc1OC(Br)C(=O)C(C)(C)C(=O)O. The summed E-state index contributed by atoms with van der Waals surface area (Å²) < 4.78 is 5.45. The quantitative estimate of drug-likeness (QED) is 0.670. The van der Waals surface area contributed by atoms with E-state index in [4.69, 9.17) is 9.84 Å². The number of carboxylic acid groups (broad SMARTS) is 1. The smallest absolute Gasteiger partial charge is 0.316 e. The summed E-state index contributed by atoms with van der Waals surface area (Å²) in [6.45, 7) is 4.56. The lowest BCUT2D eigenvalue weighted by Crippen LogP contribution is -2.40. The molecule has 0 aliphatic rings. The molecule has 0 bridgehead atoms. The van der Waals surface area contributed by atoms with Crippen molar-refractivity contribution < 1.29 is 19.4 Å². The van der Waals surface area contributed by atoms with E-state index in [0.717, 1.165) is 5.56 Å². The second kappa shape index (κ2) is 5.52. The highest BCUT2D eigenvalue weighted by molar-refractivity contribution is 9.09. The molecule has 4 nitrogen and oxygen atoms in total. The Morgan fingerprint density at radius 1 is 1.33 bits per heavy atom. The molecule has 0 fully saturated rings. The number of Topliss-reactive ketones (excluding diaryl/α,β-unsaturated/α-hetero) is 1. The largest absolute Gasteiger partial charge is 0.481 e. The maximum absolute atomic E-state index is 12.0. The van der Waals surface area contributed by atoms with Crippen molar-refractivity contribution in [2.45, 2.75) is 25.8 Å². The normalized spacial score (nSPS) is 12.9. The summed E-state index contributed by atoms with van der Waals surface area (Å²) in [5, 5.41) is 8.00. The molecule has 1 aromatic carbocycles. The molecule has 0 saturated heterocycles. The summed E-state index contributed by atoms with van der Waals surface area (Å²) in [7, 11) is 0. The molecule has 18 heavy (non-hydrogen) atoms. The Hall–Kier alpha value is -1.36. The van der Waals surface area contributed by atoms with Crippen LogP contribution in [0.4, 0.5) is 0 Å². The number of rotatable bonds is 5. The lowest BCUT2D eigenvalue weighted by molar-refractivity contribution is -0.153. The predicted molar refractivity (Wildman–Crippen MR) is 70.9 cm³/mol. The molecule has 1 rings (SSSR count). The number of benzene rings is 1. The third kappa shape index (κ3) is 3.10. The zero-order chi connectivity index (χ0) is 13.9. The number of carboxylic acids is 1. The third-order valence-electron chi connectivity index (χ3n) is 2.68. The van der Waals surface area contributed by atoms with Crippen molar-refractivity contribution in [1.82, 2.24) is 0 Å². The number of para-hydroxylation sites is 1. The lowest BCUT2D eigenvalue weighted by atomic mass is 9.89. The van der Waals surface area contributed by atoms with Gasteiger partial charge in [-0.2, -0.15) is 0 Å². The van der Waals surface area contributed by atoms with Crippen molar-refractivity contribution in [3.8, 4) is 5.75 Å². The Kier molecular flexibility index (Phi) is 4.51. The Morgan fingerprint density at radius 2 is 1.89 bits per heavy atom. The van der Waals surface area contributed by atoms with Crippen molar-refractivity contribution in [1.29, 1.82) is 0 Å². The highest BCUT2D eigenvalue weighted by Gasteiger charge is 2.40. The van der Waals surface area contributed by atoms with Crippen LogP contribution in [0.3, 0.4) is 0 Å². The minimum absolute atomic E-state index is 0.529. The topological polar surface area (TPSA) is 63.6 Å². The predicted octanol–water partition coefficient (Wildman–Crippen LogP) is 2.77. The van der Waals surface area contributed by atoms with E-state index in [1.54, 1.807) is 12.1 Å². The summed E-state index contributed by atoms with van der Waals surface area (Å²) in [6, 6.07) is 7.22. The van der Waals surface area contributed by atoms with Gasteiger partial charge in [0.2, 0.25) is 10.8 Å². The van der Waals surface area contributed by atoms with Gasteiger partial charge in [0, 0.05) is 0 Å². The highest BCUT2D eigenvalue weighted by Crippen LogP contribution is 2.26. The first kappa shape index (κ1) is 14.7. The van der Waals surface area contributed by atoms with Crippen molar-refractivity contribution in [2.75, 3.05) is 0 Å². The number of aryl methyl sites for hydroxylation is 1. The highest BCUT2D eigenvalue weighted by atomic mass is 79.9. The van der Waals surface area contributed by atoms with Gasteiger partial charge < -0.3 is 9.84 Å². The second-order valence-electron chi connectivity index (χ2n) is 4.49. The summed E-state index contributed by atoms with van der Waals surface area (Å²) in [6.07, 6.45) is 0. The molecule has 0 radical (unpaired) electrons. The molecule has 0 heterocycles. The Labute approximate surface area is 114 Å². The van der Waals surface area contributed by atoms with Crippen LogP contribution in [0.5, 0.6) is 5.75 Å². The van der Waals surface area contributed by atoms with Gasteiger partial charge >= 0.3 is 5.97 Å². The van der Waals surface area contributed by atoms with Crippen LogP contribution in [0, 0.1) is 12.3 Å². The average molecular weight is 315 g/mol. The molecular weight excluding hydrogens is 300 g/mol. The van der Waals surface area contributed by atoms with Crippen LogP contribution in [0.2, 0.25) is 0 Å². The Balaban J connectivity index is 2.84. The fraction of sp³-hybridized carbons (Fsp3) is 0.385. The van der Waals surface area contributed by atoms with Gasteiger partial charge in [-0.05, 0) is 48.3 Å². The molecule has 1 aromatic rings. The minimum Gasteiger partial charge on any atom is -0.481 e. The van der Waals surface area contributed by atoms with Crippen LogP contribution in [0.25, 0.3) is 0 Å². The Morgan fingerprint density at radius 3 is 2.39 bits per heavy atom.